The van der Waals surface area contributed by atoms with E-state index >= 15 is 0 Å². The van der Waals surface area contributed by atoms with Crippen molar-refractivity contribution >= 4 is 11.5 Å². The number of hydrogen-bond donors (Lipinski definition) is 2. The summed E-state index contributed by atoms with van der Waals surface area (Å²) in [6.07, 6.45) is -1.24. The molecule has 0 saturated carbocycles. The van der Waals surface area contributed by atoms with Gasteiger partial charge in [0, 0.05) is 31.9 Å². The molecular formula is C24H23N5O7. The van der Waals surface area contributed by atoms with E-state index in [1.54, 1.807) is 24.3 Å². The number of benzene rings is 2. The summed E-state index contributed by atoms with van der Waals surface area (Å²) in [5.74, 6) is 0.550. The zero-order chi connectivity index (χ0) is 25.9. The quantitative estimate of drug-likeness (QED) is 0.350. The molecule has 12 heteroatoms. The zero-order valence-corrected chi connectivity index (χ0v) is 19.5. The van der Waals surface area contributed by atoms with Crippen molar-refractivity contribution in [2.45, 2.75) is 17.7 Å². The molecule has 1 aliphatic heterocycles. The maximum Gasteiger partial charge on any atom is 0.295 e. The molecule has 2 aromatic carbocycles. The van der Waals surface area contributed by atoms with Crippen LogP contribution in [-0.4, -0.2) is 58.9 Å². The number of aromatic nitrogens is 2. The monoisotopic (exact) mass is 493 g/mol. The molecule has 0 unspecified atom stereocenters. The first-order chi connectivity index (χ1) is 17.3. The molecule has 0 radical (unpaired) electrons. The van der Waals surface area contributed by atoms with E-state index in [0.29, 0.717) is 16.9 Å². The molecule has 2 heterocycles. The molecule has 1 aromatic heterocycles. The third-order valence-corrected chi connectivity index (χ3v) is 5.83. The van der Waals surface area contributed by atoms with Crippen LogP contribution < -0.4 is 15.6 Å². The number of para-hydroxylation sites is 2. The van der Waals surface area contributed by atoms with Crippen molar-refractivity contribution in [3.05, 3.63) is 86.2 Å². The molecule has 0 saturated heterocycles. The Hall–Kier alpha value is -4.31. The summed E-state index contributed by atoms with van der Waals surface area (Å²) in [4.78, 5) is 23.5. The number of hydrogen-bond acceptors (Lipinski definition) is 10. The van der Waals surface area contributed by atoms with Gasteiger partial charge in [-0.05, 0) is 30.3 Å². The Balaban J connectivity index is 1.81. The molecule has 2 atom stereocenters. The average Bonchev–Trinajstić information content (AvgIpc) is 2.88. The predicted octanol–water partition coefficient (Wildman–Crippen LogP) is 1.95. The minimum Gasteiger partial charge on any atom is -0.479 e. The van der Waals surface area contributed by atoms with Gasteiger partial charge in [-0.25, -0.2) is 0 Å². The lowest BCUT2D eigenvalue weighted by Gasteiger charge is -2.45. The van der Waals surface area contributed by atoms with Crippen molar-refractivity contribution < 1.29 is 24.2 Å². The van der Waals surface area contributed by atoms with E-state index in [9.17, 15) is 25.3 Å². The van der Waals surface area contributed by atoms with Crippen molar-refractivity contribution in [1.82, 2.24) is 9.78 Å². The van der Waals surface area contributed by atoms with Crippen molar-refractivity contribution in [1.29, 1.82) is 5.26 Å². The number of nitriles is 1. The van der Waals surface area contributed by atoms with Crippen LogP contribution in [0.1, 0.15) is 17.2 Å². The highest BCUT2D eigenvalue weighted by Gasteiger charge is 2.50. The largest absolute Gasteiger partial charge is 0.479 e. The van der Waals surface area contributed by atoms with Crippen LogP contribution in [0.4, 0.5) is 11.5 Å². The van der Waals surface area contributed by atoms with Crippen LogP contribution in [-0.2, 0) is 9.47 Å². The Morgan fingerprint density at radius 3 is 2.61 bits per heavy atom. The van der Waals surface area contributed by atoms with Crippen molar-refractivity contribution in [2.75, 3.05) is 32.8 Å². The van der Waals surface area contributed by atoms with E-state index in [1.165, 1.54) is 44.6 Å². The Kier molecular flexibility index (Phi) is 6.98. The van der Waals surface area contributed by atoms with Crippen molar-refractivity contribution in [2.24, 2.45) is 0 Å². The fourth-order valence-electron chi connectivity index (χ4n) is 4.24. The number of fused-ring (bicyclic) bond motifs is 1. The summed E-state index contributed by atoms with van der Waals surface area (Å²) in [5, 5.41) is 39.7. The number of aliphatic hydroxyl groups excluding tert-OH is 1. The molecule has 0 aliphatic carbocycles. The van der Waals surface area contributed by atoms with E-state index in [4.69, 9.17) is 14.2 Å². The molecule has 0 bridgehead atoms. The predicted molar refractivity (Wildman–Crippen MR) is 127 cm³/mol. The first-order valence-electron chi connectivity index (χ1n) is 10.8. The number of nitro groups is 1. The number of nitro benzene ring substituents is 1. The lowest BCUT2D eigenvalue weighted by molar-refractivity contribution is -0.384. The first-order valence-corrected chi connectivity index (χ1v) is 10.8. The fraction of sp³-hybridized carbons (Fsp3) is 0.292. The summed E-state index contributed by atoms with van der Waals surface area (Å²) < 4.78 is 17.7. The summed E-state index contributed by atoms with van der Waals surface area (Å²) >= 11 is 0. The van der Waals surface area contributed by atoms with E-state index in [0.717, 1.165) is 4.68 Å². The summed E-state index contributed by atoms with van der Waals surface area (Å²) in [7, 11) is 2.93. The van der Waals surface area contributed by atoms with Gasteiger partial charge in [-0.1, -0.05) is 12.1 Å². The number of ether oxygens (including phenoxy) is 3. The molecule has 0 amide bonds. The van der Waals surface area contributed by atoms with Gasteiger partial charge in [-0.2, -0.15) is 9.94 Å². The van der Waals surface area contributed by atoms with Crippen LogP contribution >= 0.6 is 0 Å². The molecule has 2 N–H and O–H groups in total. The number of rotatable bonds is 8. The number of methoxy groups -OCH3 is 2. The van der Waals surface area contributed by atoms with Gasteiger partial charge in [0.2, 0.25) is 0 Å². The van der Waals surface area contributed by atoms with Crippen LogP contribution in [0.15, 0.2) is 59.4 Å². The molecule has 12 nitrogen and oxygen atoms in total. The Morgan fingerprint density at radius 2 is 1.94 bits per heavy atom. The Bertz CT molecular complexity index is 1380. The van der Waals surface area contributed by atoms with E-state index in [2.05, 4.69) is 16.5 Å². The summed E-state index contributed by atoms with van der Waals surface area (Å²) in [5.41, 5.74) is -1.35. The van der Waals surface area contributed by atoms with Gasteiger partial charge in [-0.15, -0.1) is 5.10 Å². The molecule has 1 aliphatic rings. The van der Waals surface area contributed by atoms with Gasteiger partial charge in [0.15, 0.2) is 5.60 Å². The lowest BCUT2D eigenvalue weighted by Crippen LogP contribution is -2.60. The highest BCUT2D eigenvalue weighted by atomic mass is 16.6. The third-order valence-electron chi connectivity index (χ3n) is 5.83. The van der Waals surface area contributed by atoms with Crippen molar-refractivity contribution in [3.63, 3.8) is 0 Å². The van der Waals surface area contributed by atoms with Gasteiger partial charge in [0.05, 0.1) is 35.8 Å². The van der Waals surface area contributed by atoms with Crippen LogP contribution in [0.5, 0.6) is 5.75 Å². The Morgan fingerprint density at radius 1 is 1.22 bits per heavy atom. The van der Waals surface area contributed by atoms with E-state index < -0.39 is 28.2 Å². The van der Waals surface area contributed by atoms with Gasteiger partial charge in [-0.3, -0.25) is 14.9 Å². The highest BCUT2D eigenvalue weighted by molar-refractivity contribution is 5.53. The standard InChI is InChI=1S/C24H23N5O7/c1-34-13-24(14-35-2)23(31)22(16-11-15(12-25)7-8-19(16)36-24)26-20-9-10-21(30)28(27-20)17-5-3-4-6-18(17)29(32)33/h3-11,22-23,31H,13-14H2,1-2H3,(H,26,27)/t22-,23+/m1/s1. The second-order valence-corrected chi connectivity index (χ2v) is 8.18. The molecule has 186 valence electrons. The third kappa shape index (κ3) is 4.50. The second-order valence-electron chi connectivity index (χ2n) is 8.18. The second kappa shape index (κ2) is 10.1. The van der Waals surface area contributed by atoms with Gasteiger partial charge in [0.25, 0.3) is 11.2 Å². The highest BCUT2D eigenvalue weighted by Crippen LogP contribution is 2.42. The number of anilines is 1. The first kappa shape index (κ1) is 24.8. The molecule has 36 heavy (non-hydrogen) atoms. The van der Waals surface area contributed by atoms with Gasteiger partial charge < -0.3 is 24.6 Å². The van der Waals surface area contributed by atoms with Gasteiger partial charge >= 0.3 is 0 Å². The SMILES string of the molecule is COCC1(COC)Oc2ccc(C#N)cc2[C@@H](Nc2ccc(=O)n(-c3ccccc3[N+](=O)[O-])n2)[C@@H]1O. The fourth-order valence-corrected chi connectivity index (χ4v) is 4.24. The maximum atomic E-state index is 12.6. The maximum absolute atomic E-state index is 12.6. The van der Waals surface area contributed by atoms with Gasteiger partial charge in [0.1, 0.15) is 23.4 Å². The van der Waals surface area contributed by atoms with Crippen LogP contribution in [0.25, 0.3) is 5.69 Å². The van der Waals surface area contributed by atoms with Crippen LogP contribution in [0.3, 0.4) is 0 Å². The molecule has 3 aromatic rings. The average molecular weight is 493 g/mol. The number of nitrogens with zero attached hydrogens (tertiary/aromatic N) is 4. The topological polar surface area (TPSA) is 162 Å². The molecule has 0 fully saturated rings. The summed E-state index contributed by atoms with van der Waals surface area (Å²) in [6.45, 7) is -0.0223. The van der Waals surface area contributed by atoms with E-state index in [-0.39, 0.29) is 30.4 Å². The normalized spacial score (nSPS) is 17.9. The number of nitrogens with one attached hydrogen (secondary N) is 1. The number of aliphatic hydroxyl groups is 1. The van der Waals surface area contributed by atoms with E-state index in [1.807, 2.05) is 0 Å². The lowest BCUT2D eigenvalue weighted by atomic mass is 9.84. The molecule has 4 rings (SSSR count). The summed E-state index contributed by atoms with van der Waals surface area (Å²) in [6, 6.07) is 14.3. The zero-order valence-electron chi connectivity index (χ0n) is 19.5. The minimum absolute atomic E-state index is 0.0102. The Labute approximate surface area is 205 Å². The van der Waals surface area contributed by atoms with Crippen molar-refractivity contribution in [3.8, 4) is 17.5 Å². The minimum atomic E-state index is -1.30. The molecule has 0 spiro atoms. The van der Waals surface area contributed by atoms with Crippen LogP contribution in [0, 0.1) is 21.4 Å². The smallest absolute Gasteiger partial charge is 0.295 e. The van der Waals surface area contributed by atoms with Crippen LogP contribution in [0.2, 0.25) is 0 Å². The molecular weight excluding hydrogens is 470 g/mol.